The van der Waals surface area contributed by atoms with Crippen molar-refractivity contribution in [3.8, 4) is 0 Å². The second-order valence-electron chi connectivity index (χ2n) is 10.2. The van der Waals surface area contributed by atoms with E-state index in [1.54, 1.807) is 18.6 Å². The van der Waals surface area contributed by atoms with E-state index < -0.39 is 27.6 Å². The van der Waals surface area contributed by atoms with Crippen molar-refractivity contribution in [1.82, 2.24) is 14.3 Å². The largest absolute Gasteiger partial charge is 0.416 e. The molecule has 3 aromatic rings. The highest BCUT2D eigenvalue weighted by atomic mass is 32.2. The third kappa shape index (κ3) is 5.73. The number of fused-ring (bicyclic) bond motifs is 1. The zero-order valence-electron chi connectivity index (χ0n) is 20.8. The van der Waals surface area contributed by atoms with Crippen LogP contribution in [-0.2, 0) is 29.3 Å². The van der Waals surface area contributed by atoms with E-state index in [-0.39, 0.29) is 24.0 Å². The van der Waals surface area contributed by atoms with Crippen LogP contribution >= 0.6 is 0 Å². The van der Waals surface area contributed by atoms with Gasteiger partial charge in [0.1, 0.15) is 5.82 Å². The Labute approximate surface area is 219 Å². The highest BCUT2D eigenvalue weighted by Gasteiger charge is 2.36. The first kappa shape index (κ1) is 26.7. The molecule has 2 aliphatic rings. The molecule has 2 aromatic carbocycles. The zero-order valence-corrected chi connectivity index (χ0v) is 21.6. The number of alkyl halides is 3. The van der Waals surface area contributed by atoms with E-state index in [0.717, 1.165) is 61.3 Å². The van der Waals surface area contributed by atoms with Crippen molar-refractivity contribution >= 4 is 15.7 Å². The molecule has 1 saturated carbocycles. The number of rotatable bonds is 7. The van der Waals surface area contributed by atoms with Gasteiger partial charge in [0.05, 0.1) is 29.0 Å². The predicted molar refractivity (Wildman–Crippen MR) is 135 cm³/mol. The van der Waals surface area contributed by atoms with E-state index >= 15 is 0 Å². The summed E-state index contributed by atoms with van der Waals surface area (Å²) < 4.78 is 82.4. The molecule has 0 spiro atoms. The zero-order chi connectivity index (χ0) is 26.9. The Morgan fingerprint density at radius 1 is 1.03 bits per heavy atom. The number of nitrogens with one attached hydrogen (secondary N) is 1. The number of halogens is 4. The number of imidazole rings is 1. The fourth-order valence-electron chi connectivity index (χ4n) is 5.64. The molecule has 204 valence electrons. The van der Waals surface area contributed by atoms with E-state index in [2.05, 4.69) is 14.9 Å². The molecular weight excluding hydrogens is 520 g/mol. The van der Waals surface area contributed by atoms with Crippen LogP contribution in [0.15, 0.2) is 59.9 Å². The monoisotopic (exact) mass is 550 g/mol. The normalized spacial score (nSPS) is 19.5. The lowest BCUT2D eigenvalue weighted by atomic mass is 9.97. The molecule has 0 amide bonds. The Morgan fingerprint density at radius 2 is 1.76 bits per heavy atom. The quantitative estimate of drug-likeness (QED) is 0.360. The molecule has 0 bridgehead atoms. The van der Waals surface area contributed by atoms with Crippen LogP contribution in [0.4, 0.5) is 23.2 Å². The SMILES string of the molecule is O=S(=O)(c1ccc(C(F)(F)F)cc1)N1Cc2cc(F)ccc2N(Cc2cnc[nH]2)C(CCC2CCCC2)C1. The maximum Gasteiger partial charge on any atom is 0.416 e. The van der Waals surface area contributed by atoms with Gasteiger partial charge in [-0.3, -0.25) is 0 Å². The third-order valence-electron chi connectivity index (χ3n) is 7.65. The Kier molecular flexibility index (Phi) is 7.50. The van der Waals surface area contributed by atoms with Gasteiger partial charge in [0.25, 0.3) is 0 Å². The van der Waals surface area contributed by atoms with Gasteiger partial charge < -0.3 is 9.88 Å². The third-order valence-corrected chi connectivity index (χ3v) is 9.48. The van der Waals surface area contributed by atoms with E-state index in [0.29, 0.717) is 18.0 Å². The van der Waals surface area contributed by atoms with Crippen LogP contribution in [0.3, 0.4) is 0 Å². The van der Waals surface area contributed by atoms with Gasteiger partial charge in [0.15, 0.2) is 0 Å². The van der Waals surface area contributed by atoms with Gasteiger partial charge in [-0.05, 0) is 66.8 Å². The fraction of sp³-hybridized carbons (Fsp3) is 0.444. The molecule has 11 heteroatoms. The first-order chi connectivity index (χ1) is 18.1. The smallest absolute Gasteiger partial charge is 0.361 e. The lowest BCUT2D eigenvalue weighted by molar-refractivity contribution is -0.137. The van der Waals surface area contributed by atoms with Crippen LogP contribution in [0.2, 0.25) is 0 Å². The van der Waals surface area contributed by atoms with E-state index in [9.17, 15) is 26.0 Å². The predicted octanol–water partition coefficient (Wildman–Crippen LogP) is 6.12. The standard InChI is InChI=1S/C27H30F4N4O2S/c28-22-8-12-26-20(13-22)15-34(38(36,37)25-10-6-21(7-11-25)27(29,30)31)17-24(9-5-19-3-1-2-4-19)35(26)16-23-14-32-18-33-23/h6-8,10-14,18-19,24H,1-5,9,15-17H2,(H,32,33). The van der Waals surface area contributed by atoms with Gasteiger partial charge in [0, 0.05) is 31.0 Å². The average molecular weight is 551 g/mol. The van der Waals surface area contributed by atoms with Gasteiger partial charge in [-0.2, -0.15) is 17.5 Å². The van der Waals surface area contributed by atoms with Gasteiger partial charge in [-0.25, -0.2) is 17.8 Å². The molecule has 0 radical (unpaired) electrons. The number of hydrogen-bond donors (Lipinski definition) is 1. The number of anilines is 1. The van der Waals surface area contributed by atoms with E-state index in [4.69, 9.17) is 0 Å². The molecule has 1 atom stereocenters. The van der Waals surface area contributed by atoms with Crippen LogP contribution in [0.5, 0.6) is 0 Å². The summed E-state index contributed by atoms with van der Waals surface area (Å²) in [6.45, 7) is 0.471. The van der Waals surface area contributed by atoms with Gasteiger partial charge >= 0.3 is 6.18 Å². The van der Waals surface area contributed by atoms with Crippen LogP contribution in [0.1, 0.15) is 55.3 Å². The fourth-order valence-corrected chi connectivity index (χ4v) is 7.09. The number of hydrogen-bond acceptors (Lipinski definition) is 4. The van der Waals surface area contributed by atoms with Crippen LogP contribution in [0, 0.1) is 11.7 Å². The maximum atomic E-state index is 14.4. The minimum atomic E-state index is -4.57. The number of H-pyrrole nitrogens is 1. The summed E-state index contributed by atoms with van der Waals surface area (Å²) in [6, 6.07) is 7.70. The topological polar surface area (TPSA) is 69.3 Å². The van der Waals surface area contributed by atoms with Crippen molar-refractivity contribution < 1.29 is 26.0 Å². The van der Waals surface area contributed by atoms with Gasteiger partial charge in [-0.15, -0.1) is 0 Å². The van der Waals surface area contributed by atoms with Crippen molar-refractivity contribution in [2.75, 3.05) is 11.4 Å². The average Bonchev–Trinajstić information content (AvgIpc) is 3.56. The molecule has 1 N–H and O–H groups in total. The highest BCUT2D eigenvalue weighted by Crippen LogP contribution is 2.37. The molecule has 5 rings (SSSR count). The lowest BCUT2D eigenvalue weighted by Crippen LogP contribution is -2.43. The Bertz CT molecular complexity index is 1340. The van der Waals surface area contributed by atoms with Crippen LogP contribution < -0.4 is 4.90 Å². The summed E-state index contributed by atoms with van der Waals surface area (Å²) in [6.07, 6.45) is 5.09. The van der Waals surface area contributed by atoms with Crippen molar-refractivity contribution in [2.24, 2.45) is 5.92 Å². The lowest BCUT2D eigenvalue weighted by Gasteiger charge is -2.34. The molecule has 1 aliphatic heterocycles. The van der Waals surface area contributed by atoms with Crippen LogP contribution in [0.25, 0.3) is 0 Å². The summed E-state index contributed by atoms with van der Waals surface area (Å²) in [4.78, 5) is 9.09. The summed E-state index contributed by atoms with van der Waals surface area (Å²) >= 11 is 0. The molecule has 6 nitrogen and oxygen atoms in total. The number of benzene rings is 2. The molecular formula is C27H30F4N4O2S. The second-order valence-corrected chi connectivity index (χ2v) is 12.1. The van der Waals surface area contributed by atoms with Gasteiger partial charge in [0.2, 0.25) is 10.0 Å². The first-order valence-corrected chi connectivity index (χ1v) is 14.2. The number of nitrogens with zero attached hydrogens (tertiary/aromatic N) is 3. The number of aromatic nitrogens is 2. The van der Waals surface area contributed by atoms with Crippen molar-refractivity contribution in [2.45, 2.75) is 68.7 Å². The van der Waals surface area contributed by atoms with Crippen LogP contribution in [-0.4, -0.2) is 35.3 Å². The summed E-state index contributed by atoms with van der Waals surface area (Å²) in [5, 5.41) is 0. The highest BCUT2D eigenvalue weighted by molar-refractivity contribution is 7.89. The Hall–Kier alpha value is -2.92. The molecule has 1 aromatic heterocycles. The van der Waals surface area contributed by atoms with Crippen molar-refractivity contribution in [3.63, 3.8) is 0 Å². The Morgan fingerprint density at radius 3 is 2.42 bits per heavy atom. The van der Waals surface area contributed by atoms with E-state index in [1.165, 1.54) is 29.3 Å². The molecule has 0 saturated heterocycles. The summed E-state index contributed by atoms with van der Waals surface area (Å²) in [7, 11) is -4.16. The van der Waals surface area contributed by atoms with Gasteiger partial charge in [-0.1, -0.05) is 25.7 Å². The number of sulfonamides is 1. The summed E-state index contributed by atoms with van der Waals surface area (Å²) in [5.74, 6) is 0.0986. The maximum absolute atomic E-state index is 14.4. The second kappa shape index (κ2) is 10.7. The minimum Gasteiger partial charge on any atom is -0.361 e. The molecule has 2 heterocycles. The van der Waals surface area contributed by atoms with Crippen molar-refractivity contribution in [1.29, 1.82) is 0 Å². The molecule has 1 unspecified atom stereocenters. The Balaban J connectivity index is 1.52. The van der Waals surface area contributed by atoms with E-state index in [1.807, 2.05) is 0 Å². The first-order valence-electron chi connectivity index (χ1n) is 12.8. The molecule has 1 aliphatic carbocycles. The minimum absolute atomic E-state index is 0.0874. The van der Waals surface area contributed by atoms with Crippen molar-refractivity contribution in [3.05, 3.63) is 77.6 Å². The molecule has 38 heavy (non-hydrogen) atoms. The number of aromatic amines is 1. The molecule has 1 fully saturated rings. The summed E-state index contributed by atoms with van der Waals surface area (Å²) in [5.41, 5.74) is 1.16.